The normalized spacial score (nSPS) is 13.8. The Morgan fingerprint density at radius 2 is 0.859 bits per heavy atom. The van der Waals surface area contributed by atoms with Crippen molar-refractivity contribution >= 4 is 87.4 Å². The minimum absolute atomic E-state index is 0.00806. The summed E-state index contributed by atoms with van der Waals surface area (Å²) >= 11 is 0. The van der Waals surface area contributed by atoms with Crippen LogP contribution in [0.2, 0.25) is 0 Å². The molecule has 0 saturated carbocycles. The molecule has 298 valence electrons. The maximum Gasteiger partial charge on any atom is 0.240 e. The highest BCUT2D eigenvalue weighted by Crippen LogP contribution is 2.43. The summed E-state index contributed by atoms with van der Waals surface area (Å²) in [4.78, 5) is 16.1. The van der Waals surface area contributed by atoms with Gasteiger partial charge in [0.2, 0.25) is 11.9 Å². The van der Waals surface area contributed by atoms with Crippen LogP contribution in [0.15, 0.2) is 210 Å². The number of fused-ring (bicyclic) bond motifs is 12. The largest absolute Gasteiger partial charge is 0.456 e. The predicted octanol–water partition coefficient (Wildman–Crippen LogP) is 14.4. The van der Waals surface area contributed by atoms with Gasteiger partial charge in [0, 0.05) is 43.1 Å². The van der Waals surface area contributed by atoms with E-state index in [0.717, 1.165) is 49.3 Å². The fraction of sp³-hybridized carbons (Fsp3) is 0. The molecule has 5 aromatic heterocycles. The number of rotatable bonds is 5. The van der Waals surface area contributed by atoms with Crippen LogP contribution in [-0.4, -0.2) is 28.7 Å². The summed E-state index contributed by atoms with van der Waals surface area (Å²) in [5.41, 5.74) is 7.43. The SMILES string of the molecule is [2H]c1c([2H])c([2H])c2c(c1[2H])c1ccccc1n2-c1nc(-c2c(-c3ccc4c(c3)oc3ccccc34)cccc2-n2c3ccccc3c3ccccc32)nc(-n2c3ccccc3c3c([2H])c([2H])c([2H])c([2H])c32)n1. The lowest BCUT2D eigenvalue weighted by molar-refractivity contribution is 0.669. The van der Waals surface area contributed by atoms with E-state index in [1.807, 2.05) is 127 Å². The van der Waals surface area contributed by atoms with Crippen LogP contribution in [-0.2, 0) is 0 Å². The molecule has 14 rings (SSSR count). The second kappa shape index (κ2) is 13.3. The van der Waals surface area contributed by atoms with E-state index < -0.39 is 12.1 Å². The Labute approximate surface area is 376 Å². The van der Waals surface area contributed by atoms with Gasteiger partial charge in [-0.3, -0.25) is 9.13 Å². The first-order chi connectivity index (χ1) is 35.1. The number of hydrogen-bond acceptors (Lipinski definition) is 4. The lowest BCUT2D eigenvalue weighted by Gasteiger charge is -2.19. The molecule has 0 spiro atoms. The number of hydrogen-bond donors (Lipinski definition) is 0. The highest BCUT2D eigenvalue weighted by atomic mass is 16.3. The summed E-state index contributed by atoms with van der Waals surface area (Å²) in [5.74, 6) is 0.188. The second-order valence-electron chi connectivity index (χ2n) is 15.8. The molecule has 5 heterocycles. The average molecular weight is 827 g/mol. The molecule has 0 amide bonds. The molecule has 0 radical (unpaired) electrons. The molecule has 0 saturated heterocycles. The first-order valence-corrected chi connectivity index (χ1v) is 20.9. The van der Waals surface area contributed by atoms with Crippen LogP contribution in [0, 0.1) is 0 Å². The van der Waals surface area contributed by atoms with Gasteiger partial charge in [-0.05, 0) is 71.7 Å². The Kier molecular flexibility index (Phi) is 5.82. The third kappa shape index (κ3) is 4.94. The predicted molar refractivity (Wildman–Crippen MR) is 261 cm³/mol. The van der Waals surface area contributed by atoms with Crippen molar-refractivity contribution in [2.75, 3.05) is 0 Å². The third-order valence-corrected chi connectivity index (χ3v) is 12.4. The zero-order chi connectivity index (χ0) is 48.8. The van der Waals surface area contributed by atoms with Crippen LogP contribution in [0.4, 0.5) is 0 Å². The van der Waals surface area contributed by atoms with Crippen LogP contribution >= 0.6 is 0 Å². The van der Waals surface area contributed by atoms with E-state index in [2.05, 4.69) is 34.9 Å². The first-order valence-electron chi connectivity index (χ1n) is 24.9. The third-order valence-electron chi connectivity index (χ3n) is 12.4. The smallest absolute Gasteiger partial charge is 0.240 e. The van der Waals surface area contributed by atoms with Gasteiger partial charge in [-0.2, -0.15) is 15.0 Å². The molecule has 0 fully saturated rings. The van der Waals surface area contributed by atoms with E-state index in [4.69, 9.17) is 24.9 Å². The van der Waals surface area contributed by atoms with E-state index in [0.29, 0.717) is 38.6 Å². The Morgan fingerprint density at radius 1 is 0.375 bits per heavy atom. The van der Waals surface area contributed by atoms with Crippen molar-refractivity contribution in [1.29, 1.82) is 0 Å². The molecule has 14 aromatic rings. The molecule has 0 bridgehead atoms. The molecule has 7 heteroatoms. The van der Waals surface area contributed by atoms with Gasteiger partial charge in [0.05, 0.1) is 55.3 Å². The summed E-state index contributed by atoms with van der Waals surface area (Å²) in [5, 5.41) is 5.68. The van der Waals surface area contributed by atoms with Gasteiger partial charge in [0.1, 0.15) is 11.2 Å². The molecule has 0 aliphatic carbocycles. The maximum atomic E-state index is 9.42. The van der Waals surface area contributed by atoms with E-state index in [1.165, 1.54) is 0 Å². The molecule has 0 N–H and O–H groups in total. The second-order valence-corrected chi connectivity index (χ2v) is 15.8. The van der Waals surface area contributed by atoms with Gasteiger partial charge in [-0.15, -0.1) is 0 Å². The molecule has 0 unspecified atom stereocenters. The summed E-state index contributed by atoms with van der Waals surface area (Å²) < 4.78 is 84.4. The van der Waals surface area contributed by atoms with Crippen molar-refractivity contribution < 1.29 is 15.4 Å². The van der Waals surface area contributed by atoms with Crippen molar-refractivity contribution in [3.8, 4) is 40.1 Å². The summed E-state index contributed by atoms with van der Waals surface area (Å²) in [6, 6.07) is 48.4. The van der Waals surface area contributed by atoms with E-state index in [9.17, 15) is 5.48 Å². The zero-order valence-electron chi connectivity index (χ0n) is 41.6. The van der Waals surface area contributed by atoms with Gasteiger partial charge < -0.3 is 8.98 Å². The summed E-state index contributed by atoms with van der Waals surface area (Å²) in [7, 11) is 0. The highest BCUT2D eigenvalue weighted by molar-refractivity contribution is 6.12. The molecule has 9 aromatic carbocycles. The molecule has 64 heavy (non-hydrogen) atoms. The molecular weight excluding hydrogens is 785 g/mol. The number of para-hydroxylation sites is 7. The van der Waals surface area contributed by atoms with Crippen LogP contribution < -0.4 is 0 Å². The van der Waals surface area contributed by atoms with Crippen LogP contribution in [0.3, 0.4) is 0 Å². The standard InChI is InChI=1S/C57H34N6O/c1-8-24-45-37(16-1)38-17-2-9-25-46(38)61(45)51-30-15-23-36(35-32-33-44-43-22-7-14-31-52(43)64-53(44)34-35)54(51)55-58-56(62-47-26-10-3-18-39(47)40-19-4-11-27-48(40)62)60-57(59-55)63-49-28-12-5-20-41(49)42-21-6-13-29-50(42)63/h1-34H/i3D,5D,10D,12D,18D,20D,26D,28D. The van der Waals surface area contributed by atoms with Crippen LogP contribution in [0.25, 0.3) is 127 Å². The van der Waals surface area contributed by atoms with Crippen molar-refractivity contribution in [2.45, 2.75) is 0 Å². The molecule has 0 aliphatic rings. The van der Waals surface area contributed by atoms with E-state index in [1.54, 1.807) is 9.13 Å². The van der Waals surface area contributed by atoms with Crippen molar-refractivity contribution in [2.24, 2.45) is 0 Å². The summed E-state index contributed by atoms with van der Waals surface area (Å²) in [6.07, 6.45) is 0. The minimum atomic E-state index is -0.426. The van der Waals surface area contributed by atoms with E-state index >= 15 is 0 Å². The van der Waals surface area contributed by atoms with Crippen LogP contribution in [0.5, 0.6) is 0 Å². The Morgan fingerprint density at radius 3 is 1.45 bits per heavy atom. The van der Waals surface area contributed by atoms with Crippen molar-refractivity contribution in [1.82, 2.24) is 28.7 Å². The quantitative estimate of drug-likeness (QED) is 0.173. The fourth-order valence-corrected chi connectivity index (χ4v) is 9.70. The summed E-state index contributed by atoms with van der Waals surface area (Å²) in [6.45, 7) is 0. The van der Waals surface area contributed by atoms with Crippen molar-refractivity contribution in [3.63, 3.8) is 0 Å². The van der Waals surface area contributed by atoms with Gasteiger partial charge in [-0.1, -0.05) is 145 Å². The molecular formula is C57H34N6O. The lowest BCUT2D eigenvalue weighted by Crippen LogP contribution is -2.11. The lowest BCUT2D eigenvalue weighted by atomic mass is 9.96. The molecule has 0 aliphatic heterocycles. The maximum absolute atomic E-state index is 9.42. The number of furan rings is 1. The molecule has 7 nitrogen and oxygen atoms in total. The van der Waals surface area contributed by atoms with Gasteiger partial charge in [0.25, 0.3) is 0 Å². The average Bonchev–Trinajstić information content (AvgIpc) is 4.17. The monoisotopic (exact) mass is 826 g/mol. The minimum Gasteiger partial charge on any atom is -0.456 e. The topological polar surface area (TPSA) is 66.6 Å². The van der Waals surface area contributed by atoms with Crippen LogP contribution in [0.1, 0.15) is 11.0 Å². The Bertz CT molecular complexity index is 4500. The molecule has 0 atom stereocenters. The Balaban J connectivity index is 1.18. The number of nitrogens with zero attached hydrogens (tertiary/aromatic N) is 6. The van der Waals surface area contributed by atoms with Gasteiger partial charge in [0.15, 0.2) is 5.82 Å². The van der Waals surface area contributed by atoms with Gasteiger partial charge in [-0.25, -0.2) is 0 Å². The fourth-order valence-electron chi connectivity index (χ4n) is 9.70. The van der Waals surface area contributed by atoms with E-state index in [-0.39, 0.29) is 75.8 Å². The number of aromatic nitrogens is 6. The highest BCUT2D eigenvalue weighted by Gasteiger charge is 2.25. The zero-order valence-corrected chi connectivity index (χ0v) is 33.6. The van der Waals surface area contributed by atoms with Gasteiger partial charge >= 0.3 is 0 Å². The Hall–Kier alpha value is -8.81. The first kappa shape index (κ1) is 27.9. The van der Waals surface area contributed by atoms with Crippen molar-refractivity contribution in [3.05, 3.63) is 206 Å². The number of benzene rings is 9.